The van der Waals surface area contributed by atoms with Crippen molar-refractivity contribution in [3.8, 4) is 0 Å². The predicted molar refractivity (Wildman–Crippen MR) is 67.3 cm³/mol. The summed E-state index contributed by atoms with van der Waals surface area (Å²) in [6.45, 7) is -0.298. The first-order valence-electron chi connectivity index (χ1n) is 6.32. The fourth-order valence-electron chi connectivity index (χ4n) is 2.38. The van der Waals surface area contributed by atoms with E-state index in [-0.39, 0.29) is 12.0 Å². The Kier molecular flexibility index (Phi) is 3.50. The standard InChI is InChI=1S/C11H18N2O4S/c14-4-6-8(15)9(16)7-10(17-6)18-11(13-7)12-5-2-1-3-5/h5-10,14-16H,1-4H2,(H,12,13)/t6-,7-,8-,9-,10-/m1/s1. The van der Waals surface area contributed by atoms with Gasteiger partial charge in [-0.15, -0.1) is 0 Å². The van der Waals surface area contributed by atoms with Crippen LogP contribution in [-0.4, -0.2) is 62.9 Å². The van der Waals surface area contributed by atoms with Gasteiger partial charge in [0.15, 0.2) is 5.17 Å². The maximum Gasteiger partial charge on any atom is 0.159 e. The number of rotatable bonds is 2. The van der Waals surface area contributed by atoms with Gasteiger partial charge in [0.2, 0.25) is 0 Å². The molecular weight excluding hydrogens is 256 g/mol. The van der Waals surface area contributed by atoms with Crippen molar-refractivity contribution in [1.29, 1.82) is 0 Å². The number of amidine groups is 1. The Bertz CT molecular complexity index is 350. The Hall–Kier alpha value is -0.340. The predicted octanol–water partition coefficient (Wildman–Crippen LogP) is -0.961. The highest BCUT2D eigenvalue weighted by atomic mass is 32.2. The molecule has 0 amide bonds. The number of aliphatic hydroxyl groups is 3. The van der Waals surface area contributed by atoms with Crippen LogP contribution in [0.25, 0.3) is 0 Å². The molecule has 0 bridgehead atoms. The fourth-order valence-corrected chi connectivity index (χ4v) is 3.57. The Morgan fingerprint density at radius 3 is 2.72 bits per heavy atom. The molecule has 2 heterocycles. The van der Waals surface area contributed by atoms with E-state index in [9.17, 15) is 10.2 Å². The summed E-state index contributed by atoms with van der Waals surface area (Å²) in [5, 5.41) is 33.0. The van der Waals surface area contributed by atoms with E-state index in [4.69, 9.17) is 9.84 Å². The van der Waals surface area contributed by atoms with Crippen LogP contribution < -0.4 is 5.32 Å². The lowest BCUT2D eigenvalue weighted by Gasteiger charge is -2.37. The summed E-state index contributed by atoms with van der Waals surface area (Å²) in [7, 11) is 0. The minimum Gasteiger partial charge on any atom is -0.394 e. The molecule has 1 saturated carbocycles. The zero-order valence-electron chi connectivity index (χ0n) is 9.90. The molecular formula is C11H18N2O4S. The van der Waals surface area contributed by atoms with E-state index < -0.39 is 24.4 Å². The topological polar surface area (TPSA) is 94.3 Å². The van der Waals surface area contributed by atoms with E-state index in [1.807, 2.05) is 0 Å². The molecule has 5 atom stereocenters. The van der Waals surface area contributed by atoms with Gasteiger partial charge in [0, 0.05) is 6.04 Å². The largest absolute Gasteiger partial charge is 0.394 e. The summed E-state index contributed by atoms with van der Waals surface area (Å²) >= 11 is 1.43. The van der Waals surface area contributed by atoms with Gasteiger partial charge in [0.05, 0.1) is 6.61 Å². The number of hydrogen-bond acceptors (Lipinski definition) is 7. The number of fused-ring (bicyclic) bond motifs is 1. The van der Waals surface area contributed by atoms with Gasteiger partial charge in [-0.2, -0.15) is 0 Å². The van der Waals surface area contributed by atoms with Crippen molar-refractivity contribution in [3.05, 3.63) is 0 Å². The number of aliphatic imine (C=N–C) groups is 1. The van der Waals surface area contributed by atoms with Crippen molar-refractivity contribution in [2.45, 2.75) is 55.1 Å². The number of nitrogens with zero attached hydrogens (tertiary/aromatic N) is 1. The summed E-state index contributed by atoms with van der Waals surface area (Å²) in [4.78, 5) is 4.38. The molecule has 2 aliphatic heterocycles. The second-order valence-electron chi connectivity index (χ2n) is 5.02. The van der Waals surface area contributed by atoms with Crippen LogP contribution in [0.1, 0.15) is 19.3 Å². The monoisotopic (exact) mass is 274 g/mol. The second kappa shape index (κ2) is 4.97. The first kappa shape index (κ1) is 12.7. The number of hydrogen-bond donors (Lipinski definition) is 4. The van der Waals surface area contributed by atoms with Gasteiger partial charge in [-0.25, -0.2) is 0 Å². The maximum absolute atomic E-state index is 9.98. The Labute approximate surface area is 109 Å². The number of thioether (sulfide) groups is 1. The van der Waals surface area contributed by atoms with Gasteiger partial charge in [-0.05, 0) is 19.3 Å². The van der Waals surface area contributed by atoms with Crippen molar-refractivity contribution in [1.82, 2.24) is 5.32 Å². The van der Waals surface area contributed by atoms with Crippen molar-refractivity contribution in [2.24, 2.45) is 4.99 Å². The fraction of sp³-hybridized carbons (Fsp3) is 0.909. The van der Waals surface area contributed by atoms with Crippen molar-refractivity contribution >= 4 is 16.9 Å². The summed E-state index contributed by atoms with van der Waals surface area (Å²) in [6, 6.07) is 0.0301. The molecule has 6 nitrogen and oxygen atoms in total. The van der Waals surface area contributed by atoms with Gasteiger partial charge in [0.1, 0.15) is 29.8 Å². The van der Waals surface area contributed by atoms with Crippen LogP contribution in [-0.2, 0) is 4.74 Å². The molecule has 0 unspecified atom stereocenters. The van der Waals surface area contributed by atoms with E-state index in [2.05, 4.69) is 10.3 Å². The van der Waals surface area contributed by atoms with Crippen molar-refractivity contribution in [2.75, 3.05) is 6.61 Å². The zero-order chi connectivity index (χ0) is 12.7. The molecule has 4 N–H and O–H groups in total. The zero-order valence-corrected chi connectivity index (χ0v) is 10.7. The van der Waals surface area contributed by atoms with Crippen LogP contribution >= 0.6 is 11.8 Å². The Morgan fingerprint density at radius 1 is 1.33 bits per heavy atom. The highest BCUT2D eigenvalue weighted by molar-refractivity contribution is 8.14. The van der Waals surface area contributed by atoms with E-state index in [1.54, 1.807) is 0 Å². The average Bonchev–Trinajstić information content (AvgIpc) is 2.71. The van der Waals surface area contributed by atoms with Crippen LogP contribution in [0.2, 0.25) is 0 Å². The third-order valence-electron chi connectivity index (χ3n) is 3.78. The van der Waals surface area contributed by atoms with Crippen LogP contribution in [0.15, 0.2) is 4.99 Å². The van der Waals surface area contributed by atoms with Gasteiger partial charge in [0.25, 0.3) is 0 Å². The molecule has 1 aliphatic carbocycles. The molecule has 1 saturated heterocycles. The minimum absolute atomic E-state index is 0.298. The first-order chi connectivity index (χ1) is 8.69. The lowest BCUT2D eigenvalue weighted by molar-refractivity contribution is -0.164. The molecule has 3 aliphatic rings. The van der Waals surface area contributed by atoms with Crippen LogP contribution in [0, 0.1) is 0 Å². The molecule has 0 radical (unpaired) electrons. The molecule has 0 aromatic heterocycles. The van der Waals surface area contributed by atoms with Crippen LogP contribution in [0.3, 0.4) is 0 Å². The van der Waals surface area contributed by atoms with E-state index in [0.717, 1.165) is 18.0 Å². The molecule has 0 spiro atoms. The molecule has 0 aromatic carbocycles. The Morgan fingerprint density at radius 2 is 2.11 bits per heavy atom. The minimum atomic E-state index is -1.08. The normalized spacial score (nSPS) is 44.2. The highest BCUT2D eigenvalue weighted by Gasteiger charge is 2.48. The third-order valence-corrected chi connectivity index (χ3v) is 4.84. The van der Waals surface area contributed by atoms with Gasteiger partial charge >= 0.3 is 0 Å². The molecule has 102 valence electrons. The summed E-state index contributed by atoms with van der Waals surface area (Å²) < 4.78 is 5.55. The Balaban J connectivity index is 1.66. The lowest BCUT2D eigenvalue weighted by Crippen LogP contribution is -2.55. The van der Waals surface area contributed by atoms with Gasteiger partial charge < -0.3 is 25.4 Å². The van der Waals surface area contributed by atoms with E-state index in [0.29, 0.717) is 6.04 Å². The molecule has 2 fully saturated rings. The van der Waals surface area contributed by atoms with E-state index >= 15 is 0 Å². The van der Waals surface area contributed by atoms with Crippen molar-refractivity contribution < 1.29 is 20.1 Å². The van der Waals surface area contributed by atoms with Gasteiger partial charge in [-0.1, -0.05) is 11.8 Å². The molecule has 7 heteroatoms. The average molecular weight is 274 g/mol. The smallest absolute Gasteiger partial charge is 0.159 e. The van der Waals surface area contributed by atoms with Crippen molar-refractivity contribution in [3.63, 3.8) is 0 Å². The van der Waals surface area contributed by atoms with Crippen LogP contribution in [0.4, 0.5) is 0 Å². The number of nitrogens with one attached hydrogen (secondary N) is 1. The summed E-state index contributed by atoms with van der Waals surface area (Å²) in [5.41, 5.74) is -0.317. The van der Waals surface area contributed by atoms with E-state index in [1.165, 1.54) is 18.2 Å². The highest BCUT2D eigenvalue weighted by Crippen LogP contribution is 2.36. The summed E-state index contributed by atoms with van der Waals surface area (Å²) in [6.07, 6.45) is 0.762. The number of aliphatic hydroxyl groups excluding tert-OH is 3. The SMILES string of the molecule is OC[C@H]1O[C@@H]2SC(NC3CCC3)=N[C@@H]2[C@@H](O)[C@@H]1O. The third kappa shape index (κ3) is 2.14. The second-order valence-corrected chi connectivity index (χ2v) is 6.11. The van der Waals surface area contributed by atoms with Gasteiger partial charge in [-0.3, -0.25) is 4.99 Å². The lowest BCUT2D eigenvalue weighted by atomic mass is 9.93. The summed E-state index contributed by atoms with van der Waals surface area (Å²) in [5.74, 6) is 0. The maximum atomic E-state index is 9.98. The van der Waals surface area contributed by atoms with Crippen LogP contribution in [0.5, 0.6) is 0 Å². The molecule has 3 rings (SSSR count). The first-order valence-corrected chi connectivity index (χ1v) is 7.20. The molecule has 0 aromatic rings. The quantitative estimate of drug-likeness (QED) is 0.518. The molecule has 18 heavy (non-hydrogen) atoms. The number of ether oxygens (including phenoxy) is 1.